The van der Waals surface area contributed by atoms with Gasteiger partial charge in [0.05, 0.1) is 6.04 Å². The van der Waals surface area contributed by atoms with Crippen LogP contribution in [0.2, 0.25) is 0 Å². The van der Waals surface area contributed by atoms with E-state index in [9.17, 15) is 8.78 Å². The highest BCUT2D eigenvalue weighted by molar-refractivity contribution is 9.10. The molecule has 102 valence electrons. The van der Waals surface area contributed by atoms with Crippen LogP contribution in [0.15, 0.2) is 51.4 Å². The molecular weight excluding hydrogens is 328 g/mol. The van der Waals surface area contributed by atoms with E-state index in [1.54, 1.807) is 30.3 Å². The van der Waals surface area contributed by atoms with Crippen molar-refractivity contribution in [3.8, 4) is 0 Å². The van der Waals surface area contributed by atoms with Crippen molar-refractivity contribution >= 4 is 26.9 Å². The Morgan fingerprint density at radius 3 is 2.45 bits per heavy atom. The average molecular weight is 338 g/mol. The van der Waals surface area contributed by atoms with Crippen molar-refractivity contribution in [3.63, 3.8) is 0 Å². The summed E-state index contributed by atoms with van der Waals surface area (Å²) in [6.07, 6.45) is 0. The number of hydrogen-bond acceptors (Lipinski definition) is 2. The molecule has 0 fully saturated rings. The Morgan fingerprint density at radius 1 is 1.05 bits per heavy atom. The molecular formula is C15H10BrF2NO. The second-order valence-corrected chi connectivity index (χ2v) is 5.27. The Hall–Kier alpha value is -1.72. The summed E-state index contributed by atoms with van der Waals surface area (Å²) in [5.74, 6) is -0.586. The molecule has 1 aromatic heterocycles. The first-order valence-electron chi connectivity index (χ1n) is 5.95. The third kappa shape index (κ3) is 2.13. The van der Waals surface area contributed by atoms with Gasteiger partial charge in [0.15, 0.2) is 11.4 Å². The predicted molar refractivity (Wildman–Crippen MR) is 76.3 cm³/mol. The van der Waals surface area contributed by atoms with Gasteiger partial charge in [-0.25, -0.2) is 8.78 Å². The third-order valence-electron chi connectivity index (χ3n) is 3.13. The zero-order valence-electron chi connectivity index (χ0n) is 10.2. The summed E-state index contributed by atoms with van der Waals surface area (Å²) in [6.45, 7) is 0. The number of hydrogen-bond donors (Lipinski definition) is 1. The predicted octanol–water partition coefficient (Wildman–Crippen LogP) is 4.52. The second-order valence-electron chi connectivity index (χ2n) is 4.42. The number of rotatable bonds is 2. The first kappa shape index (κ1) is 13.3. The van der Waals surface area contributed by atoms with Gasteiger partial charge in [-0.05, 0) is 24.3 Å². The van der Waals surface area contributed by atoms with Crippen molar-refractivity contribution < 1.29 is 13.2 Å². The van der Waals surface area contributed by atoms with Crippen LogP contribution in [0.1, 0.15) is 17.4 Å². The molecule has 0 saturated heterocycles. The lowest BCUT2D eigenvalue weighted by Gasteiger charge is -2.12. The van der Waals surface area contributed by atoms with E-state index in [1.807, 2.05) is 0 Å². The zero-order valence-corrected chi connectivity index (χ0v) is 11.8. The molecule has 0 saturated carbocycles. The summed E-state index contributed by atoms with van der Waals surface area (Å²) in [6, 6.07) is 10.0. The molecule has 3 aromatic rings. The monoisotopic (exact) mass is 337 g/mol. The van der Waals surface area contributed by atoms with Gasteiger partial charge in [0.2, 0.25) is 0 Å². The summed E-state index contributed by atoms with van der Waals surface area (Å²) < 4.78 is 33.5. The van der Waals surface area contributed by atoms with Crippen molar-refractivity contribution in [2.45, 2.75) is 6.04 Å². The van der Waals surface area contributed by atoms with Crippen molar-refractivity contribution in [1.29, 1.82) is 0 Å². The van der Waals surface area contributed by atoms with Gasteiger partial charge in [0.25, 0.3) is 0 Å². The standard InChI is InChI=1S/C15H10BrF2NO/c16-9-4-2-5-10(17)13(9)14(19)12-7-8-3-1-6-11(18)15(8)20-12/h1-7,14H,19H2. The SMILES string of the molecule is NC(c1cc2cccc(F)c2o1)c1c(F)cccc1Br. The van der Waals surface area contributed by atoms with Gasteiger partial charge in [0.1, 0.15) is 11.6 Å². The summed E-state index contributed by atoms with van der Waals surface area (Å²) in [5, 5.41) is 0.600. The molecule has 2 aromatic carbocycles. The molecule has 0 spiro atoms. The van der Waals surface area contributed by atoms with Crippen LogP contribution in [0.3, 0.4) is 0 Å². The smallest absolute Gasteiger partial charge is 0.169 e. The number of furan rings is 1. The maximum atomic E-state index is 13.9. The fourth-order valence-corrected chi connectivity index (χ4v) is 2.74. The number of para-hydroxylation sites is 1. The normalized spacial score (nSPS) is 12.8. The minimum absolute atomic E-state index is 0.130. The van der Waals surface area contributed by atoms with E-state index in [1.165, 1.54) is 12.1 Å². The van der Waals surface area contributed by atoms with Gasteiger partial charge in [-0.1, -0.05) is 34.1 Å². The van der Waals surface area contributed by atoms with Crippen LogP contribution in [-0.2, 0) is 0 Å². The molecule has 0 radical (unpaired) electrons. The lowest BCUT2D eigenvalue weighted by atomic mass is 10.0. The van der Waals surface area contributed by atoms with Crippen LogP contribution in [-0.4, -0.2) is 0 Å². The molecule has 1 heterocycles. The first-order valence-corrected chi connectivity index (χ1v) is 6.74. The number of fused-ring (bicyclic) bond motifs is 1. The highest BCUT2D eigenvalue weighted by Crippen LogP contribution is 2.32. The summed E-state index contributed by atoms with van der Waals surface area (Å²) in [4.78, 5) is 0. The molecule has 1 unspecified atom stereocenters. The van der Waals surface area contributed by atoms with Crippen molar-refractivity contribution in [2.75, 3.05) is 0 Å². The molecule has 2 N–H and O–H groups in total. The van der Waals surface area contributed by atoms with Gasteiger partial charge in [0, 0.05) is 15.4 Å². The maximum absolute atomic E-state index is 13.9. The Morgan fingerprint density at radius 2 is 1.75 bits per heavy atom. The second kappa shape index (κ2) is 5.00. The third-order valence-corrected chi connectivity index (χ3v) is 3.82. The fourth-order valence-electron chi connectivity index (χ4n) is 2.15. The van der Waals surface area contributed by atoms with Crippen LogP contribution in [0.5, 0.6) is 0 Å². The molecule has 0 aliphatic carbocycles. The first-order chi connectivity index (χ1) is 9.58. The van der Waals surface area contributed by atoms with E-state index in [-0.39, 0.29) is 11.1 Å². The molecule has 3 rings (SSSR count). The Kier molecular flexibility index (Phi) is 3.31. The van der Waals surface area contributed by atoms with Crippen LogP contribution >= 0.6 is 15.9 Å². The lowest BCUT2D eigenvalue weighted by Crippen LogP contribution is -2.13. The van der Waals surface area contributed by atoms with Gasteiger partial charge in [-0.3, -0.25) is 0 Å². The van der Waals surface area contributed by atoms with E-state index in [0.29, 0.717) is 15.6 Å². The van der Waals surface area contributed by atoms with Crippen molar-refractivity contribution in [2.24, 2.45) is 5.73 Å². The number of halogens is 3. The highest BCUT2D eigenvalue weighted by Gasteiger charge is 2.21. The van der Waals surface area contributed by atoms with Crippen LogP contribution in [0.4, 0.5) is 8.78 Å². The average Bonchev–Trinajstić information content (AvgIpc) is 2.84. The van der Waals surface area contributed by atoms with Crippen LogP contribution < -0.4 is 5.73 Å². The minimum atomic E-state index is -0.808. The number of benzene rings is 2. The topological polar surface area (TPSA) is 39.2 Å². The summed E-state index contributed by atoms with van der Waals surface area (Å²) in [5.41, 5.74) is 6.46. The van der Waals surface area contributed by atoms with E-state index >= 15 is 0 Å². The lowest BCUT2D eigenvalue weighted by molar-refractivity contribution is 0.492. The van der Waals surface area contributed by atoms with Gasteiger partial charge in [-0.2, -0.15) is 0 Å². The zero-order chi connectivity index (χ0) is 14.3. The molecule has 1 atom stereocenters. The van der Waals surface area contributed by atoms with Gasteiger partial charge >= 0.3 is 0 Å². The Labute approximate surface area is 122 Å². The van der Waals surface area contributed by atoms with Crippen molar-refractivity contribution in [3.05, 3.63) is 69.9 Å². The molecule has 0 amide bonds. The van der Waals surface area contributed by atoms with Gasteiger partial charge < -0.3 is 10.2 Å². The van der Waals surface area contributed by atoms with Crippen LogP contribution in [0.25, 0.3) is 11.0 Å². The van der Waals surface area contributed by atoms with E-state index in [0.717, 1.165) is 0 Å². The molecule has 0 bridgehead atoms. The number of nitrogens with two attached hydrogens (primary N) is 1. The van der Waals surface area contributed by atoms with Crippen molar-refractivity contribution in [1.82, 2.24) is 0 Å². The molecule has 0 aliphatic heterocycles. The highest BCUT2D eigenvalue weighted by atomic mass is 79.9. The van der Waals surface area contributed by atoms with Crippen LogP contribution in [0, 0.1) is 11.6 Å². The fraction of sp³-hybridized carbons (Fsp3) is 0.0667. The van der Waals surface area contributed by atoms with E-state index in [4.69, 9.17) is 10.2 Å². The molecule has 20 heavy (non-hydrogen) atoms. The largest absolute Gasteiger partial charge is 0.456 e. The summed E-state index contributed by atoms with van der Waals surface area (Å²) in [7, 11) is 0. The minimum Gasteiger partial charge on any atom is -0.456 e. The Balaban J connectivity index is 2.13. The summed E-state index contributed by atoms with van der Waals surface area (Å²) >= 11 is 3.27. The van der Waals surface area contributed by atoms with E-state index < -0.39 is 17.7 Å². The molecule has 5 heteroatoms. The quantitative estimate of drug-likeness (QED) is 0.746. The van der Waals surface area contributed by atoms with Gasteiger partial charge in [-0.15, -0.1) is 0 Å². The molecule has 2 nitrogen and oxygen atoms in total. The molecule has 0 aliphatic rings. The van der Waals surface area contributed by atoms with E-state index in [2.05, 4.69) is 15.9 Å². The Bertz CT molecular complexity index is 764. The maximum Gasteiger partial charge on any atom is 0.169 e.